The highest BCUT2D eigenvalue weighted by atomic mass is 32.2. The molecule has 3 aliphatic rings. The number of nitrogens with zero attached hydrogens (tertiary/aromatic N) is 2. The van der Waals surface area contributed by atoms with Gasteiger partial charge in [-0.25, -0.2) is 9.19 Å². The van der Waals surface area contributed by atoms with Gasteiger partial charge in [0, 0.05) is 29.9 Å². The molecule has 2 aromatic rings. The predicted octanol–water partition coefficient (Wildman–Crippen LogP) is 3.12. The normalized spacial score (nSPS) is 24.7. The smallest absolute Gasteiger partial charge is 0.231 e. The topological polar surface area (TPSA) is 60.9 Å². The minimum atomic E-state index is -1.30. The third-order valence-corrected chi connectivity index (χ3v) is 7.17. The Bertz CT molecular complexity index is 903. The molecule has 2 atom stereocenters. The van der Waals surface area contributed by atoms with Crippen molar-refractivity contribution in [3.8, 4) is 17.2 Å². The van der Waals surface area contributed by atoms with Crippen molar-refractivity contribution >= 4 is 16.8 Å². The lowest BCUT2D eigenvalue weighted by Crippen LogP contribution is -2.37. The molecule has 1 aromatic carbocycles. The van der Waals surface area contributed by atoms with Crippen LogP contribution in [0.15, 0.2) is 30.5 Å². The van der Waals surface area contributed by atoms with Gasteiger partial charge in [0.2, 0.25) is 6.79 Å². The second kappa shape index (κ2) is 5.87. The predicted molar refractivity (Wildman–Crippen MR) is 98.1 cm³/mol. The molecule has 1 spiro atoms. The number of benzene rings is 1. The zero-order chi connectivity index (χ0) is 17.7. The number of ether oxygens (including phenoxy) is 3. The van der Waals surface area contributed by atoms with E-state index in [1.807, 2.05) is 28.6 Å². The van der Waals surface area contributed by atoms with Gasteiger partial charge in [-0.2, -0.15) is 0 Å². The van der Waals surface area contributed by atoms with Crippen LogP contribution in [0.4, 0.5) is 5.82 Å². The van der Waals surface area contributed by atoms with E-state index in [1.165, 1.54) is 0 Å². The van der Waals surface area contributed by atoms with Gasteiger partial charge in [0.1, 0.15) is 29.2 Å². The van der Waals surface area contributed by atoms with Crippen LogP contribution in [-0.4, -0.2) is 29.1 Å². The summed E-state index contributed by atoms with van der Waals surface area (Å²) in [6, 6.07) is 7.69. The quantitative estimate of drug-likeness (QED) is 0.772. The molecule has 3 aliphatic heterocycles. The number of hydrogen-bond donors (Lipinski definition) is 0. The molecule has 4 heterocycles. The summed E-state index contributed by atoms with van der Waals surface area (Å²) in [6.07, 6.45) is 4.98. The summed E-state index contributed by atoms with van der Waals surface area (Å²) >= 11 is 0. The minimum absolute atomic E-state index is 0.204. The maximum Gasteiger partial charge on any atom is 0.231 e. The Labute approximate surface area is 154 Å². The van der Waals surface area contributed by atoms with E-state index < -0.39 is 15.7 Å². The second-order valence-electron chi connectivity index (χ2n) is 6.75. The monoisotopic (exact) mass is 372 g/mol. The van der Waals surface area contributed by atoms with E-state index in [0.717, 1.165) is 42.8 Å². The van der Waals surface area contributed by atoms with Crippen LogP contribution in [0.3, 0.4) is 0 Å². The molecule has 2 unspecified atom stereocenters. The fraction of sp³-hybridized carbons (Fsp3) is 0.421. The highest BCUT2D eigenvalue weighted by Gasteiger charge is 2.57. The lowest BCUT2D eigenvalue weighted by molar-refractivity contribution is 0.173. The van der Waals surface area contributed by atoms with Crippen molar-refractivity contribution in [2.75, 3.05) is 24.2 Å². The van der Waals surface area contributed by atoms with E-state index in [4.69, 9.17) is 14.2 Å². The third-order valence-electron chi connectivity index (χ3n) is 5.26. The molecule has 0 fully saturated rings. The van der Waals surface area contributed by atoms with Crippen molar-refractivity contribution in [2.24, 2.45) is 0 Å². The summed E-state index contributed by atoms with van der Waals surface area (Å²) in [6.45, 7) is 3.43. The van der Waals surface area contributed by atoms with Gasteiger partial charge in [0.25, 0.3) is 0 Å². The van der Waals surface area contributed by atoms with E-state index in [2.05, 4.69) is 11.9 Å². The highest BCUT2D eigenvalue weighted by molar-refractivity contribution is 7.88. The summed E-state index contributed by atoms with van der Waals surface area (Å²) in [4.78, 5) is 4.56. The molecule has 5 rings (SSSR count). The second-order valence-corrected chi connectivity index (χ2v) is 8.39. The molecule has 0 bridgehead atoms. The first-order chi connectivity index (χ1) is 12.8. The summed E-state index contributed by atoms with van der Waals surface area (Å²) < 4.78 is 31.9. The van der Waals surface area contributed by atoms with Crippen molar-refractivity contribution in [1.29, 1.82) is 0 Å². The number of fused-ring (bicyclic) bond motifs is 5. The Morgan fingerprint density at radius 3 is 2.85 bits per heavy atom. The average molecular weight is 372 g/mol. The molecule has 0 N–H and O–H groups in total. The number of anilines is 1. The van der Waals surface area contributed by atoms with Crippen molar-refractivity contribution in [1.82, 2.24) is 4.98 Å². The Balaban J connectivity index is 1.63. The van der Waals surface area contributed by atoms with Gasteiger partial charge in [-0.1, -0.05) is 25.8 Å². The molecule has 136 valence electrons. The van der Waals surface area contributed by atoms with Gasteiger partial charge in [0.15, 0.2) is 16.2 Å². The van der Waals surface area contributed by atoms with Crippen LogP contribution in [0, 0.1) is 0 Å². The lowest BCUT2D eigenvalue weighted by Gasteiger charge is -2.23. The van der Waals surface area contributed by atoms with Crippen molar-refractivity contribution in [3.63, 3.8) is 0 Å². The Kier molecular flexibility index (Phi) is 3.60. The number of hydrogen-bond acceptors (Lipinski definition) is 5. The van der Waals surface area contributed by atoms with Crippen molar-refractivity contribution in [2.45, 2.75) is 30.9 Å². The number of aromatic nitrogens is 1. The van der Waals surface area contributed by atoms with Gasteiger partial charge in [0.05, 0.1) is 0 Å². The molecule has 0 aliphatic carbocycles. The molecular formula is C19H20N2O4S. The molecule has 0 saturated carbocycles. The molecule has 0 saturated heterocycles. The molecule has 26 heavy (non-hydrogen) atoms. The van der Waals surface area contributed by atoms with Gasteiger partial charge >= 0.3 is 0 Å². The Morgan fingerprint density at radius 2 is 2.00 bits per heavy atom. The summed E-state index contributed by atoms with van der Waals surface area (Å²) in [7, 11) is -1.30. The SMILES string of the molecule is CCCCCN1c2ncccc2C2(COc3cc4c(cc32)OCO4)S1=O. The molecule has 1 aromatic heterocycles. The summed E-state index contributed by atoms with van der Waals surface area (Å²) in [5, 5.41) is 0. The maximum atomic E-state index is 13.7. The Morgan fingerprint density at radius 1 is 1.15 bits per heavy atom. The average Bonchev–Trinajstić information content (AvgIpc) is 3.33. The zero-order valence-corrected chi connectivity index (χ0v) is 15.4. The highest BCUT2D eigenvalue weighted by Crippen LogP contribution is 2.56. The molecule has 0 radical (unpaired) electrons. The Hall–Kier alpha value is -2.28. The number of rotatable bonds is 4. The van der Waals surface area contributed by atoms with E-state index in [9.17, 15) is 4.21 Å². The van der Waals surface area contributed by atoms with Crippen LogP contribution in [-0.2, 0) is 15.7 Å². The van der Waals surface area contributed by atoms with Gasteiger partial charge in [-0.3, -0.25) is 4.31 Å². The van der Waals surface area contributed by atoms with Gasteiger partial charge < -0.3 is 14.2 Å². The van der Waals surface area contributed by atoms with Crippen LogP contribution in [0.2, 0.25) is 0 Å². The minimum Gasteiger partial charge on any atom is -0.491 e. The molecule has 0 amide bonds. The van der Waals surface area contributed by atoms with Crippen LogP contribution < -0.4 is 18.5 Å². The largest absolute Gasteiger partial charge is 0.491 e. The van der Waals surface area contributed by atoms with E-state index in [0.29, 0.717) is 23.9 Å². The van der Waals surface area contributed by atoms with E-state index in [1.54, 1.807) is 6.20 Å². The van der Waals surface area contributed by atoms with Gasteiger partial charge in [-0.15, -0.1) is 0 Å². The first-order valence-corrected chi connectivity index (χ1v) is 10.1. The van der Waals surface area contributed by atoms with Crippen LogP contribution in [0.25, 0.3) is 0 Å². The maximum absolute atomic E-state index is 13.7. The van der Waals surface area contributed by atoms with E-state index >= 15 is 0 Å². The number of pyridine rings is 1. The first kappa shape index (κ1) is 15.9. The van der Waals surface area contributed by atoms with Crippen LogP contribution in [0.1, 0.15) is 37.3 Å². The summed E-state index contributed by atoms with van der Waals surface area (Å²) in [5.74, 6) is 2.88. The molecule has 6 nitrogen and oxygen atoms in total. The van der Waals surface area contributed by atoms with E-state index in [-0.39, 0.29) is 6.79 Å². The van der Waals surface area contributed by atoms with Gasteiger partial charge in [-0.05, 0) is 18.6 Å². The zero-order valence-electron chi connectivity index (χ0n) is 14.6. The first-order valence-electron chi connectivity index (χ1n) is 8.97. The van der Waals surface area contributed by atoms with Crippen LogP contribution in [0.5, 0.6) is 17.2 Å². The number of unbranched alkanes of at least 4 members (excludes halogenated alkanes) is 2. The van der Waals surface area contributed by atoms with Crippen molar-refractivity contribution in [3.05, 3.63) is 41.6 Å². The summed E-state index contributed by atoms with van der Waals surface area (Å²) in [5.41, 5.74) is 1.86. The third kappa shape index (κ3) is 2.03. The lowest BCUT2D eigenvalue weighted by atomic mass is 9.92. The van der Waals surface area contributed by atoms with Crippen LogP contribution >= 0.6 is 0 Å². The molecule has 7 heteroatoms. The molecular weight excluding hydrogens is 352 g/mol. The standard InChI is InChI=1S/C19H20N2O4S/c1-2-3-4-8-21-18-13(6-5-7-20-18)19(26(21)22)11-23-15-10-17-16(9-14(15)19)24-12-25-17/h5-7,9-10H,2-4,8,11-12H2,1H3. The van der Waals surface area contributed by atoms with Crippen molar-refractivity contribution < 1.29 is 18.4 Å². The fourth-order valence-electron chi connectivity index (χ4n) is 3.95. The fourth-order valence-corrected chi connectivity index (χ4v) is 5.78.